The predicted octanol–water partition coefficient (Wildman–Crippen LogP) is 1.36. The number of thioether (sulfide) groups is 1. The Morgan fingerprint density at radius 2 is 2.45 bits per heavy atom. The van der Waals surface area contributed by atoms with Crippen LogP contribution in [0.1, 0.15) is 43.1 Å². The SMILES string of the molecule is CSCCC(N)c1nc(C2CN3CCCC3CO2)no1. The number of hydrogen-bond acceptors (Lipinski definition) is 7. The third-order valence-electron chi connectivity index (χ3n) is 4.08. The molecule has 112 valence electrons. The van der Waals surface area contributed by atoms with Crippen molar-refractivity contribution in [2.24, 2.45) is 5.73 Å². The Kier molecular flexibility index (Phi) is 4.60. The lowest BCUT2D eigenvalue weighted by atomic mass is 10.2. The zero-order valence-electron chi connectivity index (χ0n) is 11.8. The molecule has 3 rings (SSSR count). The van der Waals surface area contributed by atoms with Gasteiger partial charge in [0.05, 0.1) is 12.6 Å². The van der Waals surface area contributed by atoms with Crippen molar-refractivity contribution >= 4 is 11.8 Å². The average Bonchev–Trinajstić information content (AvgIpc) is 3.12. The lowest BCUT2D eigenvalue weighted by Crippen LogP contribution is -2.42. The molecule has 1 aromatic rings. The first kappa shape index (κ1) is 14.3. The topological polar surface area (TPSA) is 77.4 Å². The molecule has 3 unspecified atom stereocenters. The van der Waals surface area contributed by atoms with Crippen molar-refractivity contribution in [2.45, 2.75) is 37.5 Å². The Morgan fingerprint density at radius 1 is 1.55 bits per heavy atom. The Labute approximate surface area is 123 Å². The highest BCUT2D eigenvalue weighted by atomic mass is 32.2. The van der Waals surface area contributed by atoms with Gasteiger partial charge in [0.25, 0.3) is 0 Å². The fourth-order valence-electron chi connectivity index (χ4n) is 2.87. The van der Waals surface area contributed by atoms with Crippen molar-refractivity contribution in [2.75, 3.05) is 31.7 Å². The number of morpholine rings is 1. The third kappa shape index (κ3) is 3.00. The van der Waals surface area contributed by atoms with Gasteiger partial charge in [0.15, 0.2) is 0 Å². The van der Waals surface area contributed by atoms with E-state index in [1.807, 2.05) is 0 Å². The smallest absolute Gasteiger partial charge is 0.243 e. The van der Waals surface area contributed by atoms with E-state index >= 15 is 0 Å². The number of ether oxygens (including phenoxy) is 1. The third-order valence-corrected chi connectivity index (χ3v) is 4.73. The molecular weight excluding hydrogens is 276 g/mol. The molecule has 0 spiro atoms. The maximum Gasteiger partial charge on any atom is 0.243 e. The van der Waals surface area contributed by atoms with E-state index in [4.69, 9.17) is 15.0 Å². The first-order chi connectivity index (χ1) is 9.78. The fourth-order valence-corrected chi connectivity index (χ4v) is 3.36. The van der Waals surface area contributed by atoms with E-state index in [0.717, 1.165) is 31.9 Å². The summed E-state index contributed by atoms with van der Waals surface area (Å²) >= 11 is 1.77. The quantitative estimate of drug-likeness (QED) is 0.879. The molecule has 2 fully saturated rings. The van der Waals surface area contributed by atoms with Crippen LogP contribution in [-0.4, -0.2) is 52.8 Å². The van der Waals surface area contributed by atoms with Gasteiger partial charge < -0.3 is 15.0 Å². The largest absolute Gasteiger partial charge is 0.367 e. The number of nitrogens with two attached hydrogens (primary N) is 1. The summed E-state index contributed by atoms with van der Waals surface area (Å²) in [4.78, 5) is 6.91. The molecule has 0 radical (unpaired) electrons. The van der Waals surface area contributed by atoms with E-state index in [9.17, 15) is 0 Å². The zero-order valence-corrected chi connectivity index (χ0v) is 12.6. The van der Waals surface area contributed by atoms with Gasteiger partial charge in [0, 0.05) is 12.6 Å². The van der Waals surface area contributed by atoms with Crippen LogP contribution >= 0.6 is 11.8 Å². The summed E-state index contributed by atoms with van der Waals surface area (Å²) < 4.78 is 11.2. The zero-order chi connectivity index (χ0) is 13.9. The fraction of sp³-hybridized carbons (Fsp3) is 0.846. The van der Waals surface area contributed by atoms with Crippen LogP contribution in [0.4, 0.5) is 0 Å². The molecule has 7 heteroatoms. The number of hydrogen-bond donors (Lipinski definition) is 1. The second-order valence-electron chi connectivity index (χ2n) is 5.49. The van der Waals surface area contributed by atoms with Gasteiger partial charge in [-0.1, -0.05) is 5.16 Å². The maximum absolute atomic E-state index is 6.05. The summed E-state index contributed by atoms with van der Waals surface area (Å²) in [5.41, 5.74) is 6.05. The van der Waals surface area contributed by atoms with Crippen LogP contribution in [-0.2, 0) is 4.74 Å². The number of rotatable bonds is 5. The van der Waals surface area contributed by atoms with Gasteiger partial charge in [-0.05, 0) is 37.8 Å². The van der Waals surface area contributed by atoms with Crippen LogP contribution in [0.15, 0.2) is 4.52 Å². The van der Waals surface area contributed by atoms with Crippen molar-refractivity contribution in [3.8, 4) is 0 Å². The van der Waals surface area contributed by atoms with Gasteiger partial charge in [-0.2, -0.15) is 16.7 Å². The van der Waals surface area contributed by atoms with Crippen molar-refractivity contribution in [1.29, 1.82) is 0 Å². The summed E-state index contributed by atoms with van der Waals surface area (Å²) in [6.07, 6.45) is 5.34. The van der Waals surface area contributed by atoms with Gasteiger partial charge >= 0.3 is 0 Å². The van der Waals surface area contributed by atoms with Crippen LogP contribution in [0.5, 0.6) is 0 Å². The highest BCUT2D eigenvalue weighted by Gasteiger charge is 2.35. The van der Waals surface area contributed by atoms with E-state index < -0.39 is 0 Å². The predicted molar refractivity (Wildman–Crippen MR) is 77.5 cm³/mol. The second-order valence-corrected chi connectivity index (χ2v) is 6.48. The first-order valence-electron chi connectivity index (χ1n) is 7.21. The molecule has 0 aliphatic carbocycles. The van der Waals surface area contributed by atoms with E-state index in [-0.39, 0.29) is 12.1 Å². The Balaban J connectivity index is 1.61. The highest BCUT2D eigenvalue weighted by molar-refractivity contribution is 7.98. The van der Waals surface area contributed by atoms with Crippen LogP contribution in [0.2, 0.25) is 0 Å². The summed E-state index contributed by atoms with van der Waals surface area (Å²) in [5, 5.41) is 4.06. The maximum atomic E-state index is 6.05. The normalized spacial score (nSPS) is 28.5. The minimum absolute atomic E-state index is 0.0744. The molecule has 0 amide bonds. The van der Waals surface area contributed by atoms with E-state index in [1.54, 1.807) is 11.8 Å². The summed E-state index contributed by atoms with van der Waals surface area (Å²) in [6, 6.07) is 0.410. The molecule has 2 aliphatic heterocycles. The molecule has 2 saturated heterocycles. The molecule has 0 aromatic carbocycles. The molecule has 3 atom stereocenters. The standard InChI is InChI=1S/C13H22N4O2S/c1-20-6-4-10(14)13-15-12(16-19-13)11-7-17-5-2-3-9(17)8-18-11/h9-11H,2-8,14H2,1H3. The van der Waals surface area contributed by atoms with Gasteiger partial charge in [-0.3, -0.25) is 4.90 Å². The Bertz CT molecular complexity index is 442. The molecule has 20 heavy (non-hydrogen) atoms. The molecule has 3 heterocycles. The number of nitrogens with zero attached hydrogens (tertiary/aromatic N) is 3. The van der Waals surface area contributed by atoms with Gasteiger partial charge in [-0.25, -0.2) is 0 Å². The highest BCUT2D eigenvalue weighted by Crippen LogP contribution is 2.29. The lowest BCUT2D eigenvalue weighted by Gasteiger charge is -2.33. The molecule has 2 N–H and O–H groups in total. The van der Waals surface area contributed by atoms with Crippen LogP contribution in [0.25, 0.3) is 0 Å². The van der Waals surface area contributed by atoms with Crippen LogP contribution in [0.3, 0.4) is 0 Å². The lowest BCUT2D eigenvalue weighted by molar-refractivity contribution is -0.0548. The van der Waals surface area contributed by atoms with Crippen LogP contribution < -0.4 is 5.73 Å². The van der Waals surface area contributed by atoms with Crippen molar-refractivity contribution < 1.29 is 9.26 Å². The van der Waals surface area contributed by atoms with Gasteiger partial charge in [0.1, 0.15) is 6.10 Å². The van der Waals surface area contributed by atoms with E-state index in [0.29, 0.717) is 17.8 Å². The Morgan fingerprint density at radius 3 is 3.30 bits per heavy atom. The Hall–Kier alpha value is -0.630. The van der Waals surface area contributed by atoms with Crippen molar-refractivity contribution in [1.82, 2.24) is 15.0 Å². The number of fused-ring (bicyclic) bond motifs is 1. The number of aromatic nitrogens is 2. The molecule has 0 saturated carbocycles. The monoisotopic (exact) mass is 298 g/mol. The van der Waals surface area contributed by atoms with Gasteiger partial charge in [0.2, 0.25) is 11.7 Å². The van der Waals surface area contributed by atoms with Crippen molar-refractivity contribution in [3.05, 3.63) is 11.7 Å². The molecule has 6 nitrogen and oxygen atoms in total. The minimum atomic E-state index is -0.174. The van der Waals surface area contributed by atoms with Crippen molar-refractivity contribution in [3.63, 3.8) is 0 Å². The van der Waals surface area contributed by atoms with E-state index in [2.05, 4.69) is 21.3 Å². The molecule has 2 aliphatic rings. The average molecular weight is 298 g/mol. The molecule has 0 bridgehead atoms. The van der Waals surface area contributed by atoms with Gasteiger partial charge in [-0.15, -0.1) is 0 Å². The van der Waals surface area contributed by atoms with Crippen LogP contribution in [0, 0.1) is 0 Å². The van der Waals surface area contributed by atoms with E-state index in [1.165, 1.54) is 12.8 Å². The molecule has 1 aromatic heterocycles. The first-order valence-corrected chi connectivity index (χ1v) is 8.61. The minimum Gasteiger partial charge on any atom is -0.367 e. The molecular formula is C13H22N4O2S. The summed E-state index contributed by atoms with van der Waals surface area (Å²) in [5.74, 6) is 2.17. The summed E-state index contributed by atoms with van der Waals surface area (Å²) in [6.45, 7) is 2.79. The second kappa shape index (κ2) is 6.43. The summed E-state index contributed by atoms with van der Waals surface area (Å²) in [7, 11) is 0.